The molecule has 0 bridgehead atoms. The van der Waals surface area contributed by atoms with Crippen LogP contribution in [0.25, 0.3) is 39.4 Å². The predicted molar refractivity (Wildman–Crippen MR) is 160 cm³/mol. The van der Waals surface area contributed by atoms with Crippen molar-refractivity contribution in [1.29, 1.82) is 0 Å². The maximum Gasteiger partial charge on any atom is 0.291 e. The van der Waals surface area contributed by atoms with Crippen LogP contribution in [-0.2, 0) is 0 Å². The van der Waals surface area contributed by atoms with Crippen LogP contribution < -0.4 is 14.8 Å². The highest BCUT2D eigenvalue weighted by Gasteiger charge is 2.15. The summed E-state index contributed by atoms with van der Waals surface area (Å²) in [4.78, 5) is 18.5. The summed E-state index contributed by atoms with van der Waals surface area (Å²) in [6.07, 6.45) is 4.83. The van der Waals surface area contributed by atoms with E-state index in [1.54, 1.807) is 0 Å². The normalized spacial score (nSPS) is 12.1. The second-order valence-corrected chi connectivity index (χ2v) is 11.2. The van der Waals surface area contributed by atoms with E-state index in [1.807, 2.05) is 103 Å². The van der Waals surface area contributed by atoms with E-state index < -0.39 is 0 Å². The molecule has 200 valence electrons. The third-order valence-corrected chi connectivity index (χ3v) is 7.59. The number of hydrogen-bond donors (Lipinski definition) is 0. The fraction of sp³-hybridized carbons (Fsp3) is 0.188. The molecule has 0 spiro atoms. The van der Waals surface area contributed by atoms with Gasteiger partial charge < -0.3 is 4.74 Å². The van der Waals surface area contributed by atoms with Gasteiger partial charge in [0.05, 0.1) is 16.8 Å². The molecule has 0 amide bonds. The maximum absolute atomic E-state index is 13.3. The Morgan fingerprint density at radius 1 is 0.925 bits per heavy atom. The summed E-state index contributed by atoms with van der Waals surface area (Å²) in [6, 6.07) is 25.8. The number of fused-ring (bicyclic) bond motifs is 1. The van der Waals surface area contributed by atoms with Gasteiger partial charge in [-0.2, -0.15) is 14.6 Å². The van der Waals surface area contributed by atoms with E-state index in [0.717, 1.165) is 45.8 Å². The van der Waals surface area contributed by atoms with Crippen LogP contribution in [0.3, 0.4) is 0 Å². The van der Waals surface area contributed by atoms with Crippen molar-refractivity contribution in [3.63, 3.8) is 0 Å². The molecule has 7 nitrogen and oxygen atoms in total. The topological polar surface area (TPSA) is 74.3 Å². The second kappa shape index (κ2) is 10.9. The number of aromatic nitrogens is 5. The van der Waals surface area contributed by atoms with Crippen LogP contribution in [0, 0.1) is 12.8 Å². The molecular weight excluding hydrogens is 518 g/mol. The standard InChI is InChI=1S/C32H29N5O2S/c1-21(2)17-18-39-27-15-13-23(14-16-27)29-25(20-36(34-29)26-7-5-4-6-8-26)19-28-31(38)37-32(40-28)33-30(35-37)24-11-9-22(3)10-12-24/h4-16,19-21H,17-18H2,1-3H3. The molecule has 0 aliphatic heterocycles. The van der Waals surface area contributed by atoms with Crippen LogP contribution in [0.2, 0.25) is 0 Å². The number of para-hydroxylation sites is 1. The van der Waals surface area contributed by atoms with Crippen molar-refractivity contribution in [1.82, 2.24) is 24.4 Å². The average Bonchev–Trinajstić information content (AvgIpc) is 3.65. The Morgan fingerprint density at radius 2 is 1.65 bits per heavy atom. The van der Waals surface area contributed by atoms with Crippen molar-refractivity contribution in [2.75, 3.05) is 6.61 Å². The minimum Gasteiger partial charge on any atom is -0.494 e. The fourth-order valence-corrected chi connectivity index (χ4v) is 5.25. The van der Waals surface area contributed by atoms with Crippen LogP contribution in [0.4, 0.5) is 0 Å². The quantitative estimate of drug-likeness (QED) is 0.235. The Balaban J connectivity index is 1.38. The molecule has 0 fully saturated rings. The van der Waals surface area contributed by atoms with Gasteiger partial charge in [-0.15, -0.1) is 5.10 Å². The predicted octanol–water partition coefficient (Wildman–Crippen LogP) is 5.95. The number of rotatable bonds is 8. The zero-order valence-electron chi connectivity index (χ0n) is 22.6. The van der Waals surface area contributed by atoms with Crippen molar-refractivity contribution < 1.29 is 4.74 Å². The SMILES string of the molecule is Cc1ccc(-c2nc3sc(=Cc4cn(-c5ccccc5)nc4-c4ccc(OCCC(C)C)cc4)c(=O)n3n2)cc1. The Bertz CT molecular complexity index is 1870. The van der Waals surface area contributed by atoms with Crippen LogP contribution in [0.15, 0.2) is 89.9 Å². The molecule has 40 heavy (non-hydrogen) atoms. The Labute approximate surface area is 236 Å². The zero-order valence-corrected chi connectivity index (χ0v) is 23.4. The van der Waals surface area contributed by atoms with Gasteiger partial charge in [0.15, 0.2) is 5.82 Å². The van der Waals surface area contributed by atoms with Crippen LogP contribution in [0.5, 0.6) is 5.75 Å². The second-order valence-electron chi connectivity index (χ2n) is 10.2. The molecule has 0 aliphatic carbocycles. The third-order valence-electron chi connectivity index (χ3n) is 6.63. The first kappa shape index (κ1) is 25.7. The average molecular weight is 548 g/mol. The molecule has 8 heteroatoms. The highest BCUT2D eigenvalue weighted by molar-refractivity contribution is 7.15. The fourth-order valence-electron chi connectivity index (χ4n) is 4.35. The van der Waals surface area contributed by atoms with Gasteiger partial charge in [0, 0.05) is 22.9 Å². The first-order valence-corrected chi connectivity index (χ1v) is 14.1. The third kappa shape index (κ3) is 5.31. The minimum absolute atomic E-state index is 0.196. The van der Waals surface area contributed by atoms with Crippen LogP contribution in [-0.4, -0.2) is 31.0 Å². The molecule has 3 heterocycles. The molecule has 6 rings (SSSR count). The van der Waals surface area contributed by atoms with Gasteiger partial charge in [0.1, 0.15) is 11.4 Å². The Hall–Kier alpha value is -4.56. The van der Waals surface area contributed by atoms with Crippen molar-refractivity contribution in [3.05, 3.63) is 111 Å². The van der Waals surface area contributed by atoms with E-state index in [-0.39, 0.29) is 5.56 Å². The Kier molecular flexibility index (Phi) is 7.00. The van der Waals surface area contributed by atoms with Gasteiger partial charge in [-0.3, -0.25) is 4.79 Å². The number of hydrogen-bond acceptors (Lipinski definition) is 6. The number of thiazole rings is 1. The lowest BCUT2D eigenvalue weighted by atomic mass is 10.1. The molecule has 0 saturated heterocycles. The van der Waals surface area contributed by atoms with Gasteiger partial charge in [-0.1, -0.05) is 73.2 Å². The number of ether oxygens (including phenoxy) is 1. The van der Waals surface area contributed by atoms with Gasteiger partial charge in [-0.05, 0) is 61.7 Å². The van der Waals surface area contributed by atoms with Crippen molar-refractivity contribution in [2.45, 2.75) is 27.2 Å². The molecule has 0 N–H and O–H groups in total. The van der Waals surface area contributed by atoms with Crippen LogP contribution in [0.1, 0.15) is 31.4 Å². The minimum atomic E-state index is -0.196. The summed E-state index contributed by atoms with van der Waals surface area (Å²) >= 11 is 1.32. The molecular formula is C32H29N5O2S. The highest BCUT2D eigenvalue weighted by atomic mass is 32.1. The molecule has 0 saturated carbocycles. The summed E-state index contributed by atoms with van der Waals surface area (Å²) in [7, 11) is 0. The van der Waals surface area contributed by atoms with Gasteiger partial charge in [0.25, 0.3) is 5.56 Å². The number of nitrogens with zero attached hydrogens (tertiary/aromatic N) is 5. The van der Waals surface area contributed by atoms with E-state index in [1.165, 1.54) is 15.9 Å². The summed E-state index contributed by atoms with van der Waals surface area (Å²) in [5.41, 5.74) is 5.32. The number of aryl methyl sites for hydroxylation is 1. The van der Waals surface area contributed by atoms with Gasteiger partial charge in [-0.25, -0.2) is 4.68 Å². The van der Waals surface area contributed by atoms with E-state index in [0.29, 0.717) is 27.8 Å². The van der Waals surface area contributed by atoms with E-state index in [9.17, 15) is 4.79 Å². The van der Waals surface area contributed by atoms with E-state index in [2.05, 4.69) is 23.9 Å². The molecule has 3 aromatic heterocycles. The summed E-state index contributed by atoms with van der Waals surface area (Å²) in [6.45, 7) is 7.09. The largest absolute Gasteiger partial charge is 0.494 e. The molecule has 0 atom stereocenters. The lowest BCUT2D eigenvalue weighted by Crippen LogP contribution is -2.23. The van der Waals surface area contributed by atoms with Crippen molar-refractivity contribution in [2.24, 2.45) is 5.92 Å². The first-order valence-electron chi connectivity index (χ1n) is 13.3. The summed E-state index contributed by atoms with van der Waals surface area (Å²) in [5.74, 6) is 1.96. The summed E-state index contributed by atoms with van der Waals surface area (Å²) < 4.78 is 9.68. The van der Waals surface area contributed by atoms with Gasteiger partial charge >= 0.3 is 0 Å². The van der Waals surface area contributed by atoms with Crippen molar-refractivity contribution >= 4 is 22.4 Å². The molecule has 3 aromatic carbocycles. The molecule has 6 aromatic rings. The van der Waals surface area contributed by atoms with Crippen LogP contribution >= 0.6 is 11.3 Å². The summed E-state index contributed by atoms with van der Waals surface area (Å²) in [5, 5.41) is 9.40. The van der Waals surface area contributed by atoms with Crippen molar-refractivity contribution in [3.8, 4) is 34.1 Å². The first-order chi connectivity index (χ1) is 19.4. The molecule has 0 radical (unpaired) electrons. The van der Waals surface area contributed by atoms with Gasteiger partial charge in [0.2, 0.25) is 4.96 Å². The zero-order chi connectivity index (χ0) is 27.6. The number of benzene rings is 3. The lowest BCUT2D eigenvalue weighted by molar-refractivity contribution is 0.289. The smallest absolute Gasteiger partial charge is 0.291 e. The van der Waals surface area contributed by atoms with E-state index in [4.69, 9.17) is 9.84 Å². The maximum atomic E-state index is 13.3. The molecule has 0 unspecified atom stereocenters. The monoisotopic (exact) mass is 547 g/mol. The Morgan fingerprint density at radius 3 is 2.35 bits per heavy atom. The lowest BCUT2D eigenvalue weighted by Gasteiger charge is -2.08. The highest BCUT2D eigenvalue weighted by Crippen LogP contribution is 2.27. The molecule has 0 aliphatic rings. The van der Waals surface area contributed by atoms with E-state index >= 15 is 0 Å².